The van der Waals surface area contributed by atoms with Crippen LogP contribution in [-0.4, -0.2) is 16.6 Å². The second kappa shape index (κ2) is 8.32. The summed E-state index contributed by atoms with van der Waals surface area (Å²) in [6.07, 6.45) is 2.73. The maximum absolute atomic E-state index is 12.9. The van der Waals surface area contributed by atoms with E-state index in [2.05, 4.69) is 29.1 Å². The average molecular weight is 303 g/mol. The van der Waals surface area contributed by atoms with Crippen molar-refractivity contribution >= 4 is 5.82 Å². The molecule has 0 aliphatic heterocycles. The molecular weight excluding hydrogens is 281 g/mol. The van der Waals surface area contributed by atoms with Crippen molar-refractivity contribution in [2.45, 2.75) is 39.7 Å². The summed E-state index contributed by atoms with van der Waals surface area (Å²) in [7, 11) is 0. The second-order valence-electron chi connectivity index (χ2n) is 5.09. The summed E-state index contributed by atoms with van der Waals surface area (Å²) in [4.78, 5) is 8.89. The Hall–Kier alpha value is -2.17. The standard InChI is InChI=1S/C17H22FN3O/c1-3-5-15-20-16(11-17(21-15)22-10-4-2)19-12-13-6-8-14(18)9-7-13/h6-9,11H,3-5,10,12H2,1-2H3,(H,19,20,21). The van der Waals surface area contributed by atoms with E-state index in [9.17, 15) is 4.39 Å². The Morgan fingerprint density at radius 1 is 1.09 bits per heavy atom. The first-order chi connectivity index (χ1) is 10.7. The molecule has 0 aliphatic carbocycles. The summed E-state index contributed by atoms with van der Waals surface area (Å²) in [5, 5.41) is 3.24. The van der Waals surface area contributed by atoms with Crippen molar-refractivity contribution in [2.24, 2.45) is 0 Å². The van der Waals surface area contributed by atoms with Crippen LogP contribution in [-0.2, 0) is 13.0 Å². The number of nitrogens with zero attached hydrogens (tertiary/aromatic N) is 2. The van der Waals surface area contributed by atoms with Crippen LogP contribution in [0.25, 0.3) is 0 Å². The molecule has 0 saturated heterocycles. The first-order valence-corrected chi connectivity index (χ1v) is 7.70. The number of halogens is 1. The molecule has 0 atom stereocenters. The zero-order valence-electron chi connectivity index (χ0n) is 13.1. The van der Waals surface area contributed by atoms with Gasteiger partial charge in [0, 0.05) is 19.0 Å². The van der Waals surface area contributed by atoms with E-state index in [0.29, 0.717) is 19.0 Å². The molecule has 0 spiro atoms. The number of ether oxygens (including phenoxy) is 1. The van der Waals surface area contributed by atoms with Gasteiger partial charge in [-0.15, -0.1) is 0 Å². The maximum Gasteiger partial charge on any atom is 0.218 e. The molecule has 5 heteroatoms. The molecule has 1 aromatic carbocycles. The van der Waals surface area contributed by atoms with Crippen LogP contribution in [0.15, 0.2) is 30.3 Å². The number of rotatable bonds is 8. The topological polar surface area (TPSA) is 47.0 Å². The SMILES string of the molecule is CCCOc1cc(NCc2ccc(F)cc2)nc(CCC)n1. The Bertz CT molecular complexity index is 587. The molecule has 0 unspecified atom stereocenters. The van der Waals surface area contributed by atoms with E-state index in [0.717, 1.165) is 36.5 Å². The molecular formula is C17H22FN3O. The van der Waals surface area contributed by atoms with Gasteiger partial charge in [0.25, 0.3) is 0 Å². The van der Waals surface area contributed by atoms with Crippen LogP contribution >= 0.6 is 0 Å². The maximum atomic E-state index is 12.9. The van der Waals surface area contributed by atoms with Crippen molar-refractivity contribution in [2.75, 3.05) is 11.9 Å². The van der Waals surface area contributed by atoms with Gasteiger partial charge in [0.15, 0.2) is 0 Å². The van der Waals surface area contributed by atoms with Crippen molar-refractivity contribution in [3.05, 3.63) is 47.5 Å². The Morgan fingerprint density at radius 2 is 1.86 bits per heavy atom. The van der Waals surface area contributed by atoms with Gasteiger partial charge in [-0.3, -0.25) is 0 Å². The van der Waals surface area contributed by atoms with Crippen molar-refractivity contribution in [3.8, 4) is 5.88 Å². The van der Waals surface area contributed by atoms with E-state index in [4.69, 9.17) is 4.74 Å². The highest BCUT2D eigenvalue weighted by Crippen LogP contribution is 2.16. The second-order valence-corrected chi connectivity index (χ2v) is 5.09. The van der Waals surface area contributed by atoms with Gasteiger partial charge in [-0.05, 0) is 30.5 Å². The minimum absolute atomic E-state index is 0.230. The summed E-state index contributed by atoms with van der Waals surface area (Å²) in [6.45, 7) is 5.37. The predicted molar refractivity (Wildman–Crippen MR) is 85.5 cm³/mol. The fourth-order valence-corrected chi connectivity index (χ4v) is 1.97. The lowest BCUT2D eigenvalue weighted by molar-refractivity contribution is 0.303. The van der Waals surface area contributed by atoms with Crippen LogP contribution in [0.3, 0.4) is 0 Å². The average Bonchev–Trinajstić information content (AvgIpc) is 2.53. The molecule has 22 heavy (non-hydrogen) atoms. The van der Waals surface area contributed by atoms with Crippen molar-refractivity contribution < 1.29 is 9.13 Å². The summed E-state index contributed by atoms with van der Waals surface area (Å²) < 4.78 is 18.5. The van der Waals surface area contributed by atoms with Gasteiger partial charge in [0.2, 0.25) is 5.88 Å². The molecule has 0 aliphatic rings. The van der Waals surface area contributed by atoms with Crippen molar-refractivity contribution in [1.29, 1.82) is 0 Å². The minimum Gasteiger partial charge on any atom is -0.478 e. The third-order valence-corrected chi connectivity index (χ3v) is 3.06. The molecule has 0 radical (unpaired) electrons. The molecule has 0 saturated carbocycles. The minimum atomic E-state index is -0.230. The number of hydrogen-bond donors (Lipinski definition) is 1. The van der Waals surface area contributed by atoms with Gasteiger partial charge < -0.3 is 10.1 Å². The summed E-state index contributed by atoms with van der Waals surface area (Å²) in [5.74, 6) is 1.87. The molecule has 1 heterocycles. The van der Waals surface area contributed by atoms with Crippen LogP contribution in [0.2, 0.25) is 0 Å². The molecule has 1 N–H and O–H groups in total. The molecule has 0 fully saturated rings. The van der Waals surface area contributed by atoms with Crippen molar-refractivity contribution in [3.63, 3.8) is 0 Å². The largest absolute Gasteiger partial charge is 0.478 e. The Kier molecular flexibility index (Phi) is 6.13. The number of aryl methyl sites for hydroxylation is 1. The first-order valence-electron chi connectivity index (χ1n) is 7.70. The molecule has 2 aromatic rings. The monoisotopic (exact) mass is 303 g/mol. The number of anilines is 1. The Balaban J connectivity index is 2.07. The summed E-state index contributed by atoms with van der Waals surface area (Å²) in [5.41, 5.74) is 0.994. The van der Waals surface area contributed by atoms with E-state index in [-0.39, 0.29) is 5.82 Å². The Labute approximate surface area is 130 Å². The normalized spacial score (nSPS) is 10.5. The van der Waals surface area contributed by atoms with Gasteiger partial charge in [-0.2, -0.15) is 4.98 Å². The number of hydrogen-bond acceptors (Lipinski definition) is 4. The van der Waals surface area contributed by atoms with E-state index < -0.39 is 0 Å². The van der Waals surface area contributed by atoms with Crippen molar-refractivity contribution in [1.82, 2.24) is 9.97 Å². The van der Waals surface area contributed by atoms with Crippen LogP contribution in [0.5, 0.6) is 5.88 Å². The highest BCUT2D eigenvalue weighted by Gasteiger charge is 2.05. The fourth-order valence-electron chi connectivity index (χ4n) is 1.97. The molecule has 4 nitrogen and oxygen atoms in total. The van der Waals surface area contributed by atoms with Gasteiger partial charge in [-0.25, -0.2) is 9.37 Å². The van der Waals surface area contributed by atoms with Gasteiger partial charge in [0.1, 0.15) is 17.5 Å². The lowest BCUT2D eigenvalue weighted by atomic mass is 10.2. The summed E-state index contributed by atoms with van der Waals surface area (Å²) >= 11 is 0. The Morgan fingerprint density at radius 3 is 2.55 bits per heavy atom. The molecule has 0 bridgehead atoms. The number of benzene rings is 1. The van der Waals surface area contributed by atoms with Gasteiger partial charge >= 0.3 is 0 Å². The van der Waals surface area contributed by atoms with E-state index in [1.165, 1.54) is 12.1 Å². The van der Waals surface area contributed by atoms with Crippen LogP contribution in [0, 0.1) is 5.82 Å². The third kappa shape index (κ3) is 4.98. The number of nitrogens with one attached hydrogen (secondary N) is 1. The lowest BCUT2D eigenvalue weighted by Crippen LogP contribution is -2.07. The molecule has 0 amide bonds. The molecule has 118 valence electrons. The molecule has 1 aromatic heterocycles. The smallest absolute Gasteiger partial charge is 0.218 e. The van der Waals surface area contributed by atoms with E-state index >= 15 is 0 Å². The zero-order chi connectivity index (χ0) is 15.8. The number of aromatic nitrogens is 2. The fraction of sp³-hybridized carbons (Fsp3) is 0.412. The summed E-state index contributed by atoms with van der Waals surface area (Å²) in [6, 6.07) is 8.22. The highest BCUT2D eigenvalue weighted by molar-refractivity contribution is 5.39. The van der Waals surface area contributed by atoms with Gasteiger partial charge in [-0.1, -0.05) is 26.0 Å². The molecule has 2 rings (SSSR count). The zero-order valence-corrected chi connectivity index (χ0v) is 13.1. The third-order valence-electron chi connectivity index (χ3n) is 3.06. The predicted octanol–water partition coefficient (Wildman–Crippen LogP) is 3.97. The van der Waals surface area contributed by atoms with E-state index in [1.807, 2.05) is 0 Å². The van der Waals surface area contributed by atoms with Crippen LogP contribution in [0.1, 0.15) is 38.1 Å². The quantitative estimate of drug-likeness (QED) is 0.801. The van der Waals surface area contributed by atoms with E-state index in [1.54, 1.807) is 18.2 Å². The first kappa shape index (κ1) is 16.2. The van der Waals surface area contributed by atoms with Crippen LogP contribution < -0.4 is 10.1 Å². The highest BCUT2D eigenvalue weighted by atomic mass is 19.1. The lowest BCUT2D eigenvalue weighted by Gasteiger charge is -2.10. The van der Waals surface area contributed by atoms with Gasteiger partial charge in [0.05, 0.1) is 6.61 Å². The van der Waals surface area contributed by atoms with Crippen LogP contribution in [0.4, 0.5) is 10.2 Å².